The molecule has 0 bridgehead atoms. The van der Waals surface area contributed by atoms with Gasteiger partial charge in [-0.2, -0.15) is 0 Å². The maximum Gasteiger partial charge on any atom is 0.0112 e. The zero-order chi connectivity index (χ0) is 12.0. The smallest absolute Gasteiger partial charge is 0.0112 e. The van der Waals surface area contributed by atoms with Crippen molar-refractivity contribution in [3.05, 3.63) is 22.4 Å². The summed E-state index contributed by atoms with van der Waals surface area (Å²) in [6.07, 6.45) is 1.17. The number of rotatable bonds is 7. The molecule has 1 rings (SSSR count). The van der Waals surface area contributed by atoms with Crippen molar-refractivity contribution in [3.63, 3.8) is 0 Å². The van der Waals surface area contributed by atoms with Gasteiger partial charge in [0.2, 0.25) is 0 Å². The van der Waals surface area contributed by atoms with Gasteiger partial charge in [-0.3, -0.25) is 0 Å². The molecule has 0 aliphatic heterocycles. The van der Waals surface area contributed by atoms with Crippen LogP contribution in [0.5, 0.6) is 0 Å². The Kier molecular flexibility index (Phi) is 6.03. The van der Waals surface area contributed by atoms with Gasteiger partial charge in [0, 0.05) is 17.5 Å². The molecule has 16 heavy (non-hydrogen) atoms. The third kappa shape index (κ3) is 4.64. The Labute approximate surface area is 104 Å². The molecule has 0 aliphatic carbocycles. The van der Waals surface area contributed by atoms with Gasteiger partial charge in [0.05, 0.1) is 0 Å². The summed E-state index contributed by atoms with van der Waals surface area (Å²) >= 11 is 1.86. The van der Waals surface area contributed by atoms with E-state index in [1.54, 1.807) is 0 Å². The minimum absolute atomic E-state index is 0.623. The minimum atomic E-state index is 0.623. The molecule has 1 aromatic heterocycles. The highest BCUT2D eigenvalue weighted by atomic mass is 32.1. The highest BCUT2D eigenvalue weighted by molar-refractivity contribution is 7.09. The lowest BCUT2D eigenvalue weighted by atomic mass is 10.1. The van der Waals surface area contributed by atoms with Crippen molar-refractivity contribution in [3.8, 4) is 0 Å². The fourth-order valence-electron chi connectivity index (χ4n) is 1.96. The van der Waals surface area contributed by atoms with E-state index in [2.05, 4.69) is 48.6 Å². The number of thiophene rings is 1. The molecule has 0 aliphatic rings. The zero-order valence-electron chi connectivity index (χ0n) is 10.9. The van der Waals surface area contributed by atoms with Crippen LogP contribution in [0, 0.1) is 5.92 Å². The molecular weight excluding hydrogens is 216 g/mol. The predicted octanol–water partition coefficient (Wildman–Crippen LogP) is 2.47. The van der Waals surface area contributed by atoms with E-state index in [1.807, 2.05) is 18.4 Å². The van der Waals surface area contributed by atoms with Gasteiger partial charge >= 0.3 is 0 Å². The third-order valence-corrected chi connectivity index (χ3v) is 3.88. The molecule has 0 aromatic carbocycles. The average Bonchev–Trinajstić information content (AvgIpc) is 2.70. The first-order chi connectivity index (χ1) is 7.63. The maximum absolute atomic E-state index is 3.23. The maximum atomic E-state index is 3.23. The Morgan fingerprint density at radius 2 is 2.19 bits per heavy atom. The Morgan fingerprint density at radius 3 is 2.75 bits per heavy atom. The van der Waals surface area contributed by atoms with Gasteiger partial charge in [0.15, 0.2) is 0 Å². The summed E-state index contributed by atoms with van der Waals surface area (Å²) in [6.45, 7) is 6.86. The number of hydrogen-bond acceptors (Lipinski definition) is 3. The second kappa shape index (κ2) is 7.05. The van der Waals surface area contributed by atoms with E-state index >= 15 is 0 Å². The van der Waals surface area contributed by atoms with Crippen molar-refractivity contribution in [2.45, 2.75) is 26.3 Å². The fraction of sp³-hybridized carbons (Fsp3) is 0.692. The molecule has 92 valence electrons. The second-order valence-electron chi connectivity index (χ2n) is 4.73. The molecule has 0 saturated heterocycles. The molecule has 2 unspecified atom stereocenters. The summed E-state index contributed by atoms with van der Waals surface area (Å²) in [6, 6.07) is 4.99. The fourth-order valence-corrected chi connectivity index (χ4v) is 2.79. The highest BCUT2D eigenvalue weighted by Gasteiger charge is 2.13. The normalized spacial score (nSPS) is 15.3. The van der Waals surface area contributed by atoms with Crippen molar-refractivity contribution in [1.29, 1.82) is 0 Å². The van der Waals surface area contributed by atoms with Crippen molar-refractivity contribution < 1.29 is 0 Å². The van der Waals surface area contributed by atoms with Crippen molar-refractivity contribution in [2.75, 3.05) is 27.2 Å². The summed E-state index contributed by atoms with van der Waals surface area (Å²) in [4.78, 5) is 3.95. The first-order valence-electron chi connectivity index (χ1n) is 6.00. The molecule has 2 atom stereocenters. The molecule has 0 radical (unpaired) electrons. The molecule has 0 saturated carbocycles. The quantitative estimate of drug-likeness (QED) is 0.787. The number of nitrogens with one attached hydrogen (secondary N) is 1. The molecule has 1 heterocycles. The molecule has 2 nitrogen and oxygen atoms in total. The van der Waals surface area contributed by atoms with Crippen LogP contribution in [0.2, 0.25) is 0 Å². The Bertz CT molecular complexity index is 271. The minimum Gasteiger partial charge on any atom is -0.319 e. The van der Waals surface area contributed by atoms with Gasteiger partial charge in [0.1, 0.15) is 0 Å². The Hall–Kier alpha value is -0.380. The second-order valence-corrected chi connectivity index (χ2v) is 5.77. The Balaban J connectivity index is 2.32. The first kappa shape index (κ1) is 13.7. The van der Waals surface area contributed by atoms with E-state index in [0.29, 0.717) is 12.0 Å². The van der Waals surface area contributed by atoms with E-state index in [-0.39, 0.29) is 0 Å². The summed E-state index contributed by atoms with van der Waals surface area (Å²) in [7, 11) is 4.25. The van der Waals surface area contributed by atoms with Crippen LogP contribution in [0.3, 0.4) is 0 Å². The van der Waals surface area contributed by atoms with E-state index in [9.17, 15) is 0 Å². The molecule has 1 aromatic rings. The molecule has 0 amide bonds. The molecule has 1 N–H and O–H groups in total. The standard InChI is InChI=1S/C13H24N2S/c1-11(9-14-3)10-15(4)12(2)8-13-6-5-7-16-13/h5-7,11-12,14H,8-10H2,1-4H3. The number of likely N-dealkylation sites (N-methyl/N-ethyl adjacent to an activating group) is 1. The molecule has 3 heteroatoms. The van der Waals surface area contributed by atoms with Gasteiger partial charge in [-0.05, 0) is 51.3 Å². The van der Waals surface area contributed by atoms with Crippen LogP contribution >= 0.6 is 11.3 Å². The van der Waals surface area contributed by atoms with E-state index in [0.717, 1.165) is 13.1 Å². The van der Waals surface area contributed by atoms with E-state index in [4.69, 9.17) is 0 Å². The van der Waals surface area contributed by atoms with Crippen LogP contribution in [-0.2, 0) is 6.42 Å². The number of hydrogen-bond donors (Lipinski definition) is 1. The average molecular weight is 240 g/mol. The van der Waals surface area contributed by atoms with Crippen LogP contribution in [0.4, 0.5) is 0 Å². The molecule has 0 spiro atoms. The van der Waals surface area contributed by atoms with Gasteiger partial charge in [-0.25, -0.2) is 0 Å². The van der Waals surface area contributed by atoms with Gasteiger partial charge in [-0.15, -0.1) is 11.3 Å². The van der Waals surface area contributed by atoms with Gasteiger partial charge < -0.3 is 10.2 Å². The topological polar surface area (TPSA) is 15.3 Å². The largest absolute Gasteiger partial charge is 0.319 e. The zero-order valence-corrected chi connectivity index (χ0v) is 11.7. The van der Waals surface area contributed by atoms with E-state index in [1.165, 1.54) is 11.3 Å². The lowest BCUT2D eigenvalue weighted by Gasteiger charge is -2.27. The lowest BCUT2D eigenvalue weighted by Crippen LogP contribution is -2.36. The van der Waals surface area contributed by atoms with Gasteiger partial charge in [0.25, 0.3) is 0 Å². The lowest BCUT2D eigenvalue weighted by molar-refractivity contribution is 0.222. The predicted molar refractivity (Wildman–Crippen MR) is 73.2 cm³/mol. The van der Waals surface area contributed by atoms with Crippen molar-refractivity contribution in [1.82, 2.24) is 10.2 Å². The summed E-state index contributed by atoms with van der Waals surface area (Å²) < 4.78 is 0. The van der Waals surface area contributed by atoms with E-state index < -0.39 is 0 Å². The van der Waals surface area contributed by atoms with Crippen molar-refractivity contribution >= 4 is 11.3 Å². The van der Waals surface area contributed by atoms with Crippen LogP contribution in [0.15, 0.2) is 17.5 Å². The van der Waals surface area contributed by atoms with Gasteiger partial charge in [-0.1, -0.05) is 13.0 Å². The first-order valence-corrected chi connectivity index (χ1v) is 6.88. The monoisotopic (exact) mass is 240 g/mol. The molecular formula is C13H24N2S. The third-order valence-electron chi connectivity index (χ3n) is 2.98. The Morgan fingerprint density at radius 1 is 1.44 bits per heavy atom. The summed E-state index contributed by atoms with van der Waals surface area (Å²) in [5.74, 6) is 0.709. The molecule has 0 fully saturated rings. The highest BCUT2D eigenvalue weighted by Crippen LogP contribution is 2.14. The van der Waals surface area contributed by atoms with Crippen LogP contribution in [0.1, 0.15) is 18.7 Å². The van der Waals surface area contributed by atoms with Crippen LogP contribution in [-0.4, -0.2) is 38.1 Å². The summed E-state index contributed by atoms with van der Waals surface area (Å²) in [5.41, 5.74) is 0. The van der Waals surface area contributed by atoms with Crippen molar-refractivity contribution in [2.24, 2.45) is 5.92 Å². The SMILES string of the molecule is CNCC(C)CN(C)C(C)Cc1cccs1. The van der Waals surface area contributed by atoms with Crippen LogP contribution in [0.25, 0.3) is 0 Å². The number of nitrogens with zero attached hydrogens (tertiary/aromatic N) is 1. The van der Waals surface area contributed by atoms with Crippen LogP contribution < -0.4 is 5.32 Å². The summed E-state index contributed by atoms with van der Waals surface area (Å²) in [5, 5.41) is 5.39.